The van der Waals surface area contributed by atoms with Gasteiger partial charge in [0.2, 0.25) is 0 Å². The van der Waals surface area contributed by atoms with Crippen molar-refractivity contribution in [1.82, 2.24) is 25.5 Å². The summed E-state index contributed by atoms with van der Waals surface area (Å²) in [5.74, 6) is 2.28. The molecule has 1 atom stereocenters. The lowest BCUT2D eigenvalue weighted by molar-refractivity contribution is 0.0495. The molecule has 2 aromatic heterocycles. The topological polar surface area (TPSA) is 99.3 Å². The minimum atomic E-state index is -0.493. The van der Waals surface area contributed by atoms with Gasteiger partial charge in [-0.3, -0.25) is 5.10 Å². The van der Waals surface area contributed by atoms with Crippen molar-refractivity contribution in [3.63, 3.8) is 0 Å². The Labute approximate surface area is 219 Å². The van der Waals surface area contributed by atoms with Crippen molar-refractivity contribution < 1.29 is 9.53 Å². The SMILES string of the molecule is CC[C@H]1CCN(c2n[nH]c3nc(N4CCC(C)(CNC(=O)OC(C)(C)C)CC4)cnc23)c2ccccc21. The highest BCUT2D eigenvalue weighted by Crippen LogP contribution is 2.41. The van der Waals surface area contributed by atoms with Gasteiger partial charge in [-0.2, -0.15) is 5.10 Å². The first-order chi connectivity index (χ1) is 17.7. The van der Waals surface area contributed by atoms with Crippen LogP contribution >= 0.6 is 0 Å². The number of hydrogen-bond donors (Lipinski definition) is 2. The normalized spacial score (nSPS) is 19.5. The molecule has 0 spiro atoms. The first-order valence-electron chi connectivity index (χ1n) is 13.5. The number of para-hydroxylation sites is 1. The number of alkyl carbamates (subject to hydrolysis) is 1. The number of ether oxygens (including phenoxy) is 1. The molecule has 0 saturated carbocycles. The predicted molar refractivity (Wildman–Crippen MR) is 147 cm³/mol. The van der Waals surface area contributed by atoms with Crippen LogP contribution in [0.2, 0.25) is 0 Å². The smallest absolute Gasteiger partial charge is 0.407 e. The number of anilines is 3. The number of H-pyrrole nitrogens is 1. The lowest BCUT2D eigenvalue weighted by atomic mass is 9.80. The van der Waals surface area contributed by atoms with E-state index in [1.165, 1.54) is 11.3 Å². The van der Waals surface area contributed by atoms with Gasteiger partial charge in [-0.1, -0.05) is 32.0 Å². The molecule has 198 valence electrons. The van der Waals surface area contributed by atoms with E-state index in [-0.39, 0.29) is 11.5 Å². The second-order valence-electron chi connectivity index (χ2n) is 11.7. The average molecular weight is 506 g/mol. The Morgan fingerprint density at radius 2 is 1.97 bits per heavy atom. The first kappa shape index (κ1) is 25.3. The molecule has 9 nitrogen and oxygen atoms in total. The zero-order valence-electron chi connectivity index (χ0n) is 22.7. The van der Waals surface area contributed by atoms with Crippen molar-refractivity contribution in [2.75, 3.05) is 36.0 Å². The average Bonchev–Trinajstić information content (AvgIpc) is 3.29. The first-order valence-corrected chi connectivity index (χ1v) is 13.5. The Morgan fingerprint density at radius 3 is 2.70 bits per heavy atom. The third-order valence-corrected chi connectivity index (χ3v) is 7.71. The molecule has 0 aliphatic carbocycles. The summed E-state index contributed by atoms with van der Waals surface area (Å²) in [7, 11) is 0. The molecule has 4 heterocycles. The van der Waals surface area contributed by atoms with E-state index in [1.54, 1.807) is 0 Å². The highest BCUT2D eigenvalue weighted by molar-refractivity contribution is 5.88. The lowest BCUT2D eigenvalue weighted by Crippen LogP contribution is -2.46. The van der Waals surface area contributed by atoms with E-state index in [9.17, 15) is 4.79 Å². The van der Waals surface area contributed by atoms with Gasteiger partial charge in [0.15, 0.2) is 17.0 Å². The van der Waals surface area contributed by atoms with Crippen LogP contribution in [0.1, 0.15) is 71.8 Å². The molecule has 0 unspecified atom stereocenters. The second kappa shape index (κ2) is 9.84. The van der Waals surface area contributed by atoms with Crippen LogP contribution in [0.15, 0.2) is 30.5 Å². The Bertz CT molecular complexity index is 1260. The van der Waals surface area contributed by atoms with Crippen LogP contribution in [0.4, 0.5) is 22.1 Å². The molecule has 2 aliphatic heterocycles. The summed E-state index contributed by atoms with van der Waals surface area (Å²) >= 11 is 0. The van der Waals surface area contributed by atoms with Gasteiger partial charge in [0.1, 0.15) is 11.4 Å². The maximum Gasteiger partial charge on any atom is 0.407 e. The van der Waals surface area contributed by atoms with Gasteiger partial charge in [0.25, 0.3) is 0 Å². The zero-order valence-corrected chi connectivity index (χ0v) is 22.7. The molecule has 1 amide bonds. The van der Waals surface area contributed by atoms with Crippen molar-refractivity contribution in [1.29, 1.82) is 0 Å². The van der Waals surface area contributed by atoms with Crippen LogP contribution in [0, 0.1) is 5.41 Å². The maximum atomic E-state index is 12.1. The quantitative estimate of drug-likeness (QED) is 0.471. The van der Waals surface area contributed by atoms with Gasteiger partial charge >= 0.3 is 6.09 Å². The summed E-state index contributed by atoms with van der Waals surface area (Å²) in [5.41, 5.74) is 3.64. The number of nitrogens with zero attached hydrogens (tertiary/aromatic N) is 5. The number of nitrogens with one attached hydrogen (secondary N) is 2. The predicted octanol–water partition coefficient (Wildman–Crippen LogP) is 5.52. The van der Waals surface area contributed by atoms with E-state index in [0.717, 1.165) is 62.5 Å². The summed E-state index contributed by atoms with van der Waals surface area (Å²) in [6, 6.07) is 8.63. The number of aromatic amines is 1. The molecule has 1 fully saturated rings. The highest BCUT2D eigenvalue weighted by Gasteiger charge is 2.32. The van der Waals surface area contributed by atoms with Gasteiger partial charge < -0.3 is 19.9 Å². The molecule has 1 aromatic carbocycles. The maximum absolute atomic E-state index is 12.1. The Hall–Kier alpha value is -3.36. The summed E-state index contributed by atoms with van der Waals surface area (Å²) < 4.78 is 5.39. The fourth-order valence-corrected chi connectivity index (χ4v) is 5.46. The molecule has 0 bridgehead atoms. The fraction of sp³-hybridized carbons (Fsp3) is 0.571. The summed E-state index contributed by atoms with van der Waals surface area (Å²) in [5, 5.41) is 10.7. The standard InChI is InChI=1S/C28H39N7O2/c1-6-19-11-14-35(21-10-8-7-9-20(19)21)25-23-24(32-33-25)31-22(17-29-23)34-15-12-28(5,13-16-34)18-30-26(36)37-27(2,3)4/h7-10,17,19H,6,11-16,18H2,1-5H3,(H,30,36)(H,31,32,33)/t19-/m0/s1. The molecule has 1 saturated heterocycles. The molecule has 3 aromatic rings. The number of carbonyl (C=O) groups excluding carboxylic acids is 1. The zero-order chi connectivity index (χ0) is 26.2. The third kappa shape index (κ3) is 5.36. The summed E-state index contributed by atoms with van der Waals surface area (Å²) in [4.78, 5) is 26.4. The van der Waals surface area contributed by atoms with Crippen molar-refractivity contribution >= 4 is 34.6 Å². The number of hydrogen-bond acceptors (Lipinski definition) is 7. The molecular formula is C28H39N7O2. The molecular weight excluding hydrogens is 466 g/mol. The fourth-order valence-electron chi connectivity index (χ4n) is 5.46. The van der Waals surface area contributed by atoms with E-state index in [0.29, 0.717) is 18.1 Å². The molecule has 5 rings (SSSR count). The van der Waals surface area contributed by atoms with E-state index in [1.807, 2.05) is 27.0 Å². The van der Waals surface area contributed by atoms with Gasteiger partial charge in [0.05, 0.1) is 6.20 Å². The summed E-state index contributed by atoms with van der Waals surface area (Å²) in [6.45, 7) is 13.3. The van der Waals surface area contributed by atoms with E-state index in [2.05, 4.69) is 63.4 Å². The minimum absolute atomic E-state index is 0.0179. The van der Waals surface area contributed by atoms with Crippen LogP contribution in [0.5, 0.6) is 0 Å². The highest BCUT2D eigenvalue weighted by atomic mass is 16.6. The number of aromatic nitrogens is 4. The van der Waals surface area contributed by atoms with E-state index < -0.39 is 5.60 Å². The second-order valence-corrected chi connectivity index (χ2v) is 11.7. The van der Waals surface area contributed by atoms with E-state index in [4.69, 9.17) is 14.7 Å². The lowest BCUT2D eigenvalue weighted by Gasteiger charge is -2.40. The van der Waals surface area contributed by atoms with Crippen LogP contribution in [0.25, 0.3) is 11.2 Å². The number of piperidine rings is 1. The van der Waals surface area contributed by atoms with Crippen molar-refractivity contribution in [2.45, 2.75) is 71.8 Å². The number of carbonyl (C=O) groups is 1. The summed E-state index contributed by atoms with van der Waals surface area (Å²) in [6.07, 6.45) is 5.64. The van der Waals surface area contributed by atoms with Gasteiger partial charge in [0, 0.05) is 31.9 Å². The monoisotopic (exact) mass is 505 g/mol. The Morgan fingerprint density at radius 1 is 1.22 bits per heavy atom. The molecule has 0 radical (unpaired) electrons. The van der Waals surface area contributed by atoms with Crippen LogP contribution < -0.4 is 15.1 Å². The largest absolute Gasteiger partial charge is 0.444 e. The number of amides is 1. The van der Waals surface area contributed by atoms with Crippen molar-refractivity contribution in [3.8, 4) is 0 Å². The molecule has 37 heavy (non-hydrogen) atoms. The Balaban J connectivity index is 1.26. The molecule has 2 aliphatic rings. The van der Waals surface area contributed by atoms with Gasteiger partial charge in [-0.25, -0.2) is 14.8 Å². The number of rotatable bonds is 5. The van der Waals surface area contributed by atoms with Gasteiger partial charge in [-0.15, -0.1) is 0 Å². The molecule has 2 N–H and O–H groups in total. The third-order valence-electron chi connectivity index (χ3n) is 7.71. The number of fused-ring (bicyclic) bond motifs is 2. The minimum Gasteiger partial charge on any atom is -0.444 e. The van der Waals surface area contributed by atoms with Crippen molar-refractivity contribution in [2.24, 2.45) is 5.41 Å². The Kier molecular flexibility index (Phi) is 6.72. The van der Waals surface area contributed by atoms with Crippen molar-refractivity contribution in [3.05, 3.63) is 36.0 Å². The number of benzene rings is 1. The van der Waals surface area contributed by atoms with E-state index >= 15 is 0 Å². The van der Waals surface area contributed by atoms with Crippen LogP contribution in [0.3, 0.4) is 0 Å². The van der Waals surface area contributed by atoms with Gasteiger partial charge in [-0.05, 0) is 69.4 Å². The van der Waals surface area contributed by atoms with Crippen LogP contribution in [-0.2, 0) is 4.74 Å². The van der Waals surface area contributed by atoms with Crippen LogP contribution in [-0.4, -0.2) is 58.0 Å². The molecule has 9 heteroatoms.